The lowest BCUT2D eigenvalue weighted by atomic mass is 10.0. The summed E-state index contributed by atoms with van der Waals surface area (Å²) in [6.07, 6.45) is 0.0771. The third kappa shape index (κ3) is 1.85. The summed E-state index contributed by atoms with van der Waals surface area (Å²) < 4.78 is 5.62. The van der Waals surface area contributed by atoms with Crippen molar-refractivity contribution >= 4 is 10.8 Å². The van der Waals surface area contributed by atoms with Gasteiger partial charge in [-0.3, -0.25) is 0 Å². The summed E-state index contributed by atoms with van der Waals surface area (Å²) in [5.74, 6) is 0.663. The average Bonchev–Trinajstić information content (AvgIpc) is 2.28. The van der Waals surface area contributed by atoms with Crippen LogP contribution in [0.3, 0.4) is 0 Å². The van der Waals surface area contributed by atoms with Crippen LogP contribution in [-0.2, 0) is 0 Å². The zero-order valence-electron chi connectivity index (χ0n) is 9.40. The van der Waals surface area contributed by atoms with Crippen LogP contribution in [-0.4, -0.2) is 6.10 Å². The number of hydrogen-bond donors (Lipinski definition) is 0. The van der Waals surface area contributed by atoms with Gasteiger partial charge in [-0.2, -0.15) is 5.26 Å². The molecule has 16 heavy (non-hydrogen) atoms. The van der Waals surface area contributed by atoms with E-state index in [1.165, 1.54) is 0 Å². The third-order valence-electron chi connectivity index (χ3n) is 2.37. The highest BCUT2D eigenvalue weighted by molar-refractivity contribution is 5.90. The fourth-order valence-corrected chi connectivity index (χ4v) is 1.72. The van der Waals surface area contributed by atoms with Gasteiger partial charge in [-0.25, -0.2) is 0 Å². The largest absolute Gasteiger partial charge is 0.490 e. The van der Waals surface area contributed by atoms with E-state index in [0.717, 1.165) is 10.8 Å². The second kappa shape index (κ2) is 4.24. The van der Waals surface area contributed by atoms with Crippen LogP contribution < -0.4 is 4.74 Å². The normalized spacial score (nSPS) is 10.4. The van der Waals surface area contributed by atoms with E-state index in [1.807, 2.05) is 50.2 Å². The van der Waals surface area contributed by atoms with Crippen molar-refractivity contribution < 1.29 is 4.74 Å². The minimum atomic E-state index is 0.0771. The fraction of sp³-hybridized carbons (Fsp3) is 0.214. The molecule has 0 aliphatic rings. The van der Waals surface area contributed by atoms with Crippen molar-refractivity contribution in [3.05, 3.63) is 42.0 Å². The maximum atomic E-state index is 9.20. The Balaban J connectivity index is 2.64. The number of benzene rings is 2. The Morgan fingerprint density at radius 1 is 1.12 bits per heavy atom. The van der Waals surface area contributed by atoms with Crippen molar-refractivity contribution in [2.75, 3.05) is 0 Å². The van der Waals surface area contributed by atoms with Gasteiger partial charge in [0, 0.05) is 5.39 Å². The molecule has 2 aromatic rings. The quantitative estimate of drug-likeness (QED) is 0.761. The Hall–Kier alpha value is -2.01. The van der Waals surface area contributed by atoms with Gasteiger partial charge in [-0.05, 0) is 25.3 Å². The third-order valence-corrected chi connectivity index (χ3v) is 2.37. The molecule has 2 nitrogen and oxygen atoms in total. The van der Waals surface area contributed by atoms with E-state index in [1.54, 1.807) is 0 Å². The van der Waals surface area contributed by atoms with Gasteiger partial charge in [0.2, 0.25) is 0 Å². The molecule has 0 bridgehead atoms. The van der Waals surface area contributed by atoms with Crippen LogP contribution in [0.1, 0.15) is 19.4 Å². The van der Waals surface area contributed by atoms with Crippen molar-refractivity contribution in [3.8, 4) is 11.8 Å². The molecule has 0 spiro atoms. The van der Waals surface area contributed by atoms with E-state index >= 15 is 0 Å². The van der Waals surface area contributed by atoms with E-state index in [-0.39, 0.29) is 6.10 Å². The van der Waals surface area contributed by atoms with Crippen LogP contribution >= 0.6 is 0 Å². The van der Waals surface area contributed by atoms with E-state index < -0.39 is 0 Å². The van der Waals surface area contributed by atoms with Crippen LogP contribution in [0.25, 0.3) is 10.8 Å². The van der Waals surface area contributed by atoms with Crippen molar-refractivity contribution in [2.45, 2.75) is 20.0 Å². The minimum absolute atomic E-state index is 0.0771. The smallest absolute Gasteiger partial charge is 0.138 e. The molecule has 2 heteroatoms. The molecule has 0 N–H and O–H groups in total. The Morgan fingerprint density at radius 3 is 2.56 bits per heavy atom. The SMILES string of the molecule is CC(C)Oc1ccc2ccccc2c1C#N. The molecule has 0 saturated carbocycles. The molecule has 0 aliphatic heterocycles. The molecule has 0 amide bonds. The van der Waals surface area contributed by atoms with Crippen molar-refractivity contribution in [2.24, 2.45) is 0 Å². The summed E-state index contributed by atoms with van der Waals surface area (Å²) in [6.45, 7) is 3.91. The first kappa shape index (κ1) is 10.5. The van der Waals surface area contributed by atoms with Crippen molar-refractivity contribution in [1.82, 2.24) is 0 Å². The van der Waals surface area contributed by atoms with Crippen LogP contribution in [0.4, 0.5) is 0 Å². The summed E-state index contributed by atoms with van der Waals surface area (Å²) in [5, 5.41) is 11.2. The first-order chi connectivity index (χ1) is 7.72. The second-order valence-electron chi connectivity index (χ2n) is 3.94. The predicted octanol–water partition coefficient (Wildman–Crippen LogP) is 3.50. The molecule has 0 unspecified atom stereocenters. The van der Waals surface area contributed by atoms with E-state index in [9.17, 15) is 5.26 Å². The summed E-state index contributed by atoms with van der Waals surface area (Å²) in [7, 11) is 0. The number of ether oxygens (including phenoxy) is 1. The van der Waals surface area contributed by atoms with Gasteiger partial charge in [0.1, 0.15) is 17.4 Å². The molecule has 2 rings (SSSR count). The molecule has 0 radical (unpaired) electrons. The Kier molecular flexibility index (Phi) is 2.78. The Morgan fingerprint density at radius 2 is 1.88 bits per heavy atom. The van der Waals surface area contributed by atoms with E-state index in [0.29, 0.717) is 11.3 Å². The van der Waals surface area contributed by atoms with Crippen LogP contribution in [0.15, 0.2) is 36.4 Å². The zero-order chi connectivity index (χ0) is 11.5. The summed E-state index contributed by atoms with van der Waals surface area (Å²) in [4.78, 5) is 0. The highest BCUT2D eigenvalue weighted by Crippen LogP contribution is 2.27. The fourth-order valence-electron chi connectivity index (χ4n) is 1.72. The summed E-state index contributed by atoms with van der Waals surface area (Å²) in [6, 6.07) is 13.9. The lowest BCUT2D eigenvalue weighted by Gasteiger charge is -2.12. The van der Waals surface area contributed by atoms with Crippen molar-refractivity contribution in [1.29, 1.82) is 5.26 Å². The van der Waals surface area contributed by atoms with Gasteiger partial charge in [0.25, 0.3) is 0 Å². The molecule has 0 fully saturated rings. The molecule has 0 aliphatic carbocycles. The van der Waals surface area contributed by atoms with Crippen LogP contribution in [0.2, 0.25) is 0 Å². The van der Waals surface area contributed by atoms with Gasteiger partial charge < -0.3 is 4.74 Å². The summed E-state index contributed by atoms with van der Waals surface area (Å²) in [5.41, 5.74) is 0.617. The monoisotopic (exact) mass is 211 g/mol. The second-order valence-corrected chi connectivity index (χ2v) is 3.94. The van der Waals surface area contributed by atoms with Gasteiger partial charge in [0.05, 0.1) is 6.10 Å². The Labute approximate surface area is 95.1 Å². The Bertz CT molecular complexity index is 552. The number of rotatable bonds is 2. The van der Waals surface area contributed by atoms with Crippen LogP contribution in [0.5, 0.6) is 5.75 Å². The number of hydrogen-bond acceptors (Lipinski definition) is 2. The molecular weight excluding hydrogens is 198 g/mol. The van der Waals surface area contributed by atoms with E-state index in [2.05, 4.69) is 6.07 Å². The molecule has 0 atom stereocenters. The van der Waals surface area contributed by atoms with Gasteiger partial charge in [-0.15, -0.1) is 0 Å². The van der Waals surface area contributed by atoms with Crippen LogP contribution in [0, 0.1) is 11.3 Å². The highest BCUT2D eigenvalue weighted by atomic mass is 16.5. The molecular formula is C14H13NO. The predicted molar refractivity (Wildman–Crippen MR) is 64.4 cm³/mol. The molecule has 80 valence electrons. The van der Waals surface area contributed by atoms with Gasteiger partial charge >= 0.3 is 0 Å². The minimum Gasteiger partial charge on any atom is -0.490 e. The maximum Gasteiger partial charge on any atom is 0.138 e. The molecule has 0 aromatic heterocycles. The number of fused-ring (bicyclic) bond motifs is 1. The number of nitriles is 1. The standard InChI is InChI=1S/C14H13NO/c1-10(2)16-14-8-7-11-5-3-4-6-12(11)13(14)9-15/h3-8,10H,1-2H3. The first-order valence-electron chi connectivity index (χ1n) is 5.31. The molecule has 0 saturated heterocycles. The maximum absolute atomic E-state index is 9.20. The van der Waals surface area contributed by atoms with Gasteiger partial charge in [0.15, 0.2) is 0 Å². The highest BCUT2D eigenvalue weighted by Gasteiger charge is 2.08. The summed E-state index contributed by atoms with van der Waals surface area (Å²) >= 11 is 0. The van der Waals surface area contributed by atoms with E-state index in [4.69, 9.17) is 4.74 Å². The average molecular weight is 211 g/mol. The zero-order valence-corrected chi connectivity index (χ0v) is 9.40. The first-order valence-corrected chi connectivity index (χ1v) is 5.31. The topological polar surface area (TPSA) is 33.0 Å². The molecule has 0 heterocycles. The molecule has 2 aromatic carbocycles. The lowest BCUT2D eigenvalue weighted by molar-refractivity contribution is 0.242. The number of nitrogens with zero attached hydrogens (tertiary/aromatic N) is 1. The lowest BCUT2D eigenvalue weighted by Crippen LogP contribution is -2.06. The van der Waals surface area contributed by atoms with Gasteiger partial charge in [-0.1, -0.05) is 30.3 Å². The van der Waals surface area contributed by atoms with Crippen molar-refractivity contribution in [3.63, 3.8) is 0 Å².